The number of piperidine rings is 2. The van der Waals surface area contributed by atoms with Crippen LogP contribution in [0.2, 0.25) is 0 Å². The number of pyridine rings is 1. The summed E-state index contributed by atoms with van der Waals surface area (Å²) in [7, 11) is 0. The van der Waals surface area contributed by atoms with Gasteiger partial charge in [0.2, 0.25) is 17.7 Å². The van der Waals surface area contributed by atoms with Gasteiger partial charge in [0.15, 0.2) is 5.84 Å². The number of anilines is 2. The van der Waals surface area contributed by atoms with Crippen molar-refractivity contribution in [3.05, 3.63) is 119 Å². The Hall–Kier alpha value is -7.62. The highest BCUT2D eigenvalue weighted by Gasteiger charge is 2.45. The normalized spacial score (nSPS) is 18.1. The summed E-state index contributed by atoms with van der Waals surface area (Å²) in [6, 6.07) is 19.3. The fraction of sp³-hybridized carbons (Fsp3) is 0.426. The molecule has 4 aliphatic rings. The number of nitrogens with zero attached hydrogens (tertiary/aromatic N) is 5. The van der Waals surface area contributed by atoms with Crippen LogP contribution in [0.15, 0.2) is 90.2 Å². The standard InChI is InChI=1S/C54H64FN11O9/c1-35(60-49(69)38-9-5-10-39(30-38)63-54(16-20-59-21-17-54)53(57)62-48(56)36-14-18-58-19-15-36)37-8-6-11-40(31-37)75-29-4-2-3-26-73-27-7-28-74-34-47(68)65-24-22-64(23-25-65)45-33-42-41(32-43(45)55)51(71)66(52(42)72)44-12-13-46(67)61-50(44)70/h5-6,8-11,14-15,18-19,30-33,35,44,59,63H,2-4,7,12-13,16-17,20-29,34H2,1H3,(H,60,69)(H3,56,57,62)(H,61,67,70)/t35-,44?/m1/s1. The molecule has 6 amide bonds. The second-order valence-electron chi connectivity index (χ2n) is 19.0. The van der Waals surface area contributed by atoms with Gasteiger partial charge in [0, 0.05) is 81.6 Å². The molecule has 5 heterocycles. The number of ether oxygens (including phenoxy) is 3. The molecule has 3 aromatic carbocycles. The van der Waals surface area contributed by atoms with Crippen LogP contribution in [-0.2, 0) is 23.9 Å². The smallest absolute Gasteiger partial charge is 0.262 e. The Balaban J connectivity index is 0.679. The van der Waals surface area contributed by atoms with Crippen molar-refractivity contribution >= 4 is 58.5 Å². The minimum absolute atomic E-state index is 0.00130. The monoisotopic (exact) mass is 1030 g/mol. The lowest BCUT2D eigenvalue weighted by Gasteiger charge is -2.38. The molecular weight excluding hydrogens is 966 g/mol. The number of piperazine rings is 1. The van der Waals surface area contributed by atoms with E-state index in [2.05, 4.69) is 31.2 Å². The van der Waals surface area contributed by atoms with Gasteiger partial charge in [0.05, 0.1) is 35.0 Å². The number of nitrogens with one attached hydrogen (secondary N) is 5. The molecule has 396 valence electrons. The highest BCUT2D eigenvalue weighted by molar-refractivity contribution is 6.24. The topological polar surface area (TPSA) is 263 Å². The highest BCUT2D eigenvalue weighted by Crippen LogP contribution is 2.33. The molecular formula is C54H64FN11O9. The summed E-state index contributed by atoms with van der Waals surface area (Å²) in [5.74, 6) is -2.75. The number of hydrogen-bond acceptors (Lipinski definition) is 14. The van der Waals surface area contributed by atoms with Gasteiger partial charge >= 0.3 is 0 Å². The number of halogens is 1. The van der Waals surface area contributed by atoms with Crippen LogP contribution in [0.3, 0.4) is 0 Å². The van der Waals surface area contributed by atoms with Gasteiger partial charge in [-0.25, -0.2) is 9.38 Å². The van der Waals surface area contributed by atoms with E-state index in [1.54, 1.807) is 46.5 Å². The molecule has 21 heteroatoms. The van der Waals surface area contributed by atoms with Crippen LogP contribution >= 0.6 is 0 Å². The third-order valence-corrected chi connectivity index (χ3v) is 13.8. The van der Waals surface area contributed by atoms with Crippen molar-refractivity contribution in [1.29, 1.82) is 5.41 Å². The van der Waals surface area contributed by atoms with E-state index in [-0.39, 0.29) is 60.0 Å². The van der Waals surface area contributed by atoms with Gasteiger partial charge in [-0.1, -0.05) is 18.2 Å². The molecule has 3 saturated heterocycles. The second-order valence-corrected chi connectivity index (χ2v) is 19.0. The number of nitrogens with two attached hydrogens (primary N) is 1. The van der Waals surface area contributed by atoms with Crippen LogP contribution in [0.25, 0.3) is 0 Å². The first-order chi connectivity index (χ1) is 36.3. The van der Waals surface area contributed by atoms with Crippen molar-refractivity contribution in [2.75, 3.05) is 82.5 Å². The summed E-state index contributed by atoms with van der Waals surface area (Å²) in [4.78, 5) is 89.4. The van der Waals surface area contributed by atoms with Crippen molar-refractivity contribution in [3.8, 4) is 5.75 Å². The summed E-state index contributed by atoms with van der Waals surface area (Å²) in [6.07, 6.45) is 7.72. The SMILES string of the molecule is C[C@@H](NC(=O)c1cccc(NC2(C(N)=NC(=N)c3ccncc3)CCNCC2)c1)c1cccc(OCCCCCOCCCOCC(=O)N2CCN(c3cc4c(cc3F)C(=O)N(C3CCC(=O)NC3=O)C4=O)CC2)c1. The van der Waals surface area contributed by atoms with E-state index < -0.39 is 41.0 Å². The first-order valence-corrected chi connectivity index (χ1v) is 25.5. The number of amidine groups is 2. The third kappa shape index (κ3) is 13.4. The average Bonchev–Trinajstić information content (AvgIpc) is 3.66. The Morgan fingerprint density at radius 3 is 2.33 bits per heavy atom. The Kier molecular flexibility index (Phi) is 17.9. The van der Waals surface area contributed by atoms with Gasteiger partial charge in [0.1, 0.15) is 30.1 Å². The predicted octanol–water partition coefficient (Wildman–Crippen LogP) is 4.35. The van der Waals surface area contributed by atoms with Crippen LogP contribution < -0.4 is 36.6 Å². The van der Waals surface area contributed by atoms with E-state index in [1.165, 1.54) is 6.07 Å². The largest absolute Gasteiger partial charge is 0.494 e. The number of benzene rings is 3. The minimum Gasteiger partial charge on any atom is -0.494 e. The van der Waals surface area contributed by atoms with E-state index in [0.717, 1.165) is 41.5 Å². The average molecular weight is 1030 g/mol. The van der Waals surface area contributed by atoms with E-state index in [0.29, 0.717) is 108 Å². The molecule has 3 fully saturated rings. The second kappa shape index (κ2) is 25.1. The molecule has 4 aromatic rings. The van der Waals surface area contributed by atoms with E-state index in [9.17, 15) is 28.8 Å². The van der Waals surface area contributed by atoms with Gasteiger partial charge in [-0.15, -0.1) is 0 Å². The van der Waals surface area contributed by atoms with Crippen molar-refractivity contribution in [1.82, 2.24) is 30.7 Å². The number of amides is 6. The van der Waals surface area contributed by atoms with Crippen molar-refractivity contribution in [2.45, 2.75) is 75.9 Å². The third-order valence-electron chi connectivity index (χ3n) is 13.8. The first-order valence-electron chi connectivity index (χ1n) is 25.5. The summed E-state index contributed by atoms with van der Waals surface area (Å²) < 4.78 is 32.8. The molecule has 0 aliphatic carbocycles. The molecule has 2 atom stereocenters. The lowest BCUT2D eigenvalue weighted by molar-refractivity contribution is -0.137. The maximum Gasteiger partial charge on any atom is 0.262 e. The number of unbranched alkanes of at least 4 members (excludes halogenated alkanes) is 2. The van der Waals surface area contributed by atoms with Crippen LogP contribution in [0, 0.1) is 11.2 Å². The summed E-state index contributed by atoms with van der Waals surface area (Å²) in [5.41, 5.74) is 8.63. The first kappa shape index (κ1) is 53.7. The van der Waals surface area contributed by atoms with E-state index in [4.69, 9.17) is 25.4 Å². The van der Waals surface area contributed by atoms with Crippen molar-refractivity contribution in [2.24, 2.45) is 10.7 Å². The fourth-order valence-corrected chi connectivity index (χ4v) is 9.56. The Bertz CT molecular complexity index is 2780. The van der Waals surface area contributed by atoms with Crippen molar-refractivity contribution < 1.29 is 47.4 Å². The van der Waals surface area contributed by atoms with E-state index >= 15 is 4.39 Å². The number of aromatic nitrogens is 1. The molecule has 1 unspecified atom stereocenters. The summed E-state index contributed by atoms with van der Waals surface area (Å²) >= 11 is 0. The number of imide groups is 2. The van der Waals surface area contributed by atoms with Gasteiger partial charge in [-0.05, 0) is 125 Å². The minimum atomic E-state index is -1.15. The molecule has 75 heavy (non-hydrogen) atoms. The molecule has 0 saturated carbocycles. The fourth-order valence-electron chi connectivity index (χ4n) is 9.56. The van der Waals surface area contributed by atoms with Crippen LogP contribution in [0.4, 0.5) is 15.8 Å². The predicted molar refractivity (Wildman–Crippen MR) is 277 cm³/mol. The number of rotatable bonds is 22. The highest BCUT2D eigenvalue weighted by atomic mass is 19.1. The molecule has 20 nitrogen and oxygen atoms in total. The molecule has 0 spiro atoms. The van der Waals surface area contributed by atoms with Crippen molar-refractivity contribution in [3.63, 3.8) is 0 Å². The number of carbonyl (C=O) groups excluding carboxylic acids is 6. The van der Waals surface area contributed by atoms with Crippen LogP contribution in [-0.4, -0.2) is 146 Å². The van der Waals surface area contributed by atoms with E-state index in [1.807, 2.05) is 43.3 Å². The molecule has 7 N–H and O–H groups in total. The quantitative estimate of drug-likeness (QED) is 0.0277. The van der Waals surface area contributed by atoms with Gasteiger partial charge < -0.3 is 45.7 Å². The maximum atomic E-state index is 15.3. The Morgan fingerprint density at radius 2 is 1.57 bits per heavy atom. The zero-order valence-corrected chi connectivity index (χ0v) is 42.0. The molecule has 1 aromatic heterocycles. The zero-order chi connectivity index (χ0) is 52.9. The number of hydrogen-bond donors (Lipinski definition) is 6. The number of aliphatic imine (C=N–C) groups is 1. The molecule has 4 aliphatic heterocycles. The summed E-state index contributed by atoms with van der Waals surface area (Å²) in [6.45, 7) is 6.41. The van der Waals surface area contributed by atoms with Gasteiger partial charge in [-0.2, -0.15) is 0 Å². The molecule has 0 bridgehead atoms. The van der Waals surface area contributed by atoms with Gasteiger partial charge in [0.25, 0.3) is 17.7 Å². The zero-order valence-electron chi connectivity index (χ0n) is 42.0. The summed E-state index contributed by atoms with van der Waals surface area (Å²) in [5, 5.41) is 20.7. The lowest BCUT2D eigenvalue weighted by Crippen LogP contribution is -2.56. The number of carbonyl (C=O) groups is 6. The van der Waals surface area contributed by atoms with Crippen LogP contribution in [0.5, 0.6) is 5.75 Å². The molecule has 0 radical (unpaired) electrons. The van der Waals surface area contributed by atoms with Crippen LogP contribution in [0.1, 0.15) is 107 Å². The number of fused-ring (bicyclic) bond motifs is 1. The van der Waals surface area contributed by atoms with Gasteiger partial charge in [-0.3, -0.25) is 49.4 Å². The Labute approximate surface area is 434 Å². The molecule has 8 rings (SSSR count). The lowest BCUT2D eigenvalue weighted by atomic mass is 9.86. The maximum absolute atomic E-state index is 15.3. The Morgan fingerprint density at radius 1 is 0.867 bits per heavy atom.